The fraction of sp³-hybridized carbons (Fsp3) is 0.476. The van der Waals surface area contributed by atoms with Gasteiger partial charge >= 0.3 is 6.01 Å². The number of benzene rings is 1. The van der Waals surface area contributed by atoms with Crippen molar-refractivity contribution in [2.45, 2.75) is 32.7 Å². The van der Waals surface area contributed by atoms with Crippen molar-refractivity contribution >= 4 is 11.5 Å². The highest BCUT2D eigenvalue weighted by atomic mass is 16.5. The molecule has 0 saturated carbocycles. The van der Waals surface area contributed by atoms with Crippen molar-refractivity contribution < 1.29 is 4.74 Å². The minimum Gasteiger partial charge on any atom is -0.462 e. The zero-order chi connectivity index (χ0) is 20.1. The second-order valence-electron chi connectivity index (χ2n) is 7.49. The summed E-state index contributed by atoms with van der Waals surface area (Å²) in [6.45, 7) is 8.05. The molecule has 3 N–H and O–H groups in total. The molecule has 1 fully saturated rings. The van der Waals surface area contributed by atoms with Crippen molar-refractivity contribution in [3.05, 3.63) is 47.3 Å². The van der Waals surface area contributed by atoms with E-state index in [0.717, 1.165) is 57.7 Å². The Kier molecular flexibility index (Phi) is 6.21. The van der Waals surface area contributed by atoms with E-state index in [-0.39, 0.29) is 0 Å². The van der Waals surface area contributed by atoms with Gasteiger partial charge in [0.25, 0.3) is 0 Å². The SMILES string of the molecule is CCCCOc1nc(N)c2ncc(Cc3ccc(CN4CCNCC4)cc3)n2n1. The highest BCUT2D eigenvalue weighted by Crippen LogP contribution is 2.18. The number of anilines is 1. The molecule has 154 valence electrons. The Morgan fingerprint density at radius 1 is 1.14 bits per heavy atom. The number of aromatic nitrogens is 4. The topological polar surface area (TPSA) is 93.6 Å². The van der Waals surface area contributed by atoms with Gasteiger partial charge in [0.2, 0.25) is 0 Å². The van der Waals surface area contributed by atoms with Gasteiger partial charge < -0.3 is 15.8 Å². The molecular weight excluding hydrogens is 366 g/mol. The Hall–Kier alpha value is -2.71. The molecule has 8 nitrogen and oxygen atoms in total. The number of unbranched alkanes of at least 4 members (excludes halogenated alkanes) is 1. The molecule has 1 aliphatic rings. The average molecular weight is 396 g/mol. The summed E-state index contributed by atoms with van der Waals surface area (Å²) in [4.78, 5) is 11.1. The molecule has 29 heavy (non-hydrogen) atoms. The number of nitrogen functional groups attached to an aromatic ring is 1. The van der Waals surface area contributed by atoms with Gasteiger partial charge in [-0.2, -0.15) is 4.98 Å². The van der Waals surface area contributed by atoms with Crippen molar-refractivity contribution in [2.24, 2.45) is 0 Å². The van der Waals surface area contributed by atoms with E-state index in [1.165, 1.54) is 11.1 Å². The van der Waals surface area contributed by atoms with Gasteiger partial charge in [0, 0.05) is 39.1 Å². The zero-order valence-electron chi connectivity index (χ0n) is 17.0. The van der Waals surface area contributed by atoms with E-state index < -0.39 is 0 Å². The first-order valence-corrected chi connectivity index (χ1v) is 10.4. The minimum absolute atomic E-state index is 0.300. The Morgan fingerprint density at radius 3 is 2.66 bits per heavy atom. The van der Waals surface area contributed by atoms with Gasteiger partial charge in [-0.15, -0.1) is 5.10 Å². The second kappa shape index (κ2) is 9.19. The highest BCUT2D eigenvalue weighted by Gasteiger charge is 2.13. The van der Waals surface area contributed by atoms with Crippen molar-refractivity contribution in [1.29, 1.82) is 0 Å². The molecule has 0 spiro atoms. The first-order valence-electron chi connectivity index (χ1n) is 10.4. The largest absolute Gasteiger partial charge is 0.462 e. The number of hydrogen-bond acceptors (Lipinski definition) is 7. The maximum absolute atomic E-state index is 6.05. The van der Waals surface area contributed by atoms with Gasteiger partial charge in [0.05, 0.1) is 18.5 Å². The standard InChI is InChI=1S/C21H29N7O/c1-2-3-12-29-21-25-19(22)20-24-14-18(28(20)26-21)13-16-4-6-17(7-5-16)15-27-10-8-23-9-11-27/h4-7,14,23H,2-3,8-13,15H2,1H3,(H2,22,25,26). The average Bonchev–Trinajstić information content (AvgIpc) is 3.14. The lowest BCUT2D eigenvalue weighted by Gasteiger charge is -2.27. The van der Waals surface area contributed by atoms with Crippen LogP contribution >= 0.6 is 0 Å². The number of nitrogens with zero attached hydrogens (tertiary/aromatic N) is 5. The van der Waals surface area contributed by atoms with E-state index in [4.69, 9.17) is 10.5 Å². The van der Waals surface area contributed by atoms with Gasteiger partial charge in [0.15, 0.2) is 11.5 Å². The fourth-order valence-electron chi connectivity index (χ4n) is 3.52. The Balaban J connectivity index is 1.46. The highest BCUT2D eigenvalue weighted by molar-refractivity contribution is 5.59. The van der Waals surface area contributed by atoms with Crippen LogP contribution in [0, 0.1) is 0 Å². The van der Waals surface area contributed by atoms with Crippen LogP contribution in [0.5, 0.6) is 6.01 Å². The van der Waals surface area contributed by atoms with Gasteiger partial charge in [-0.1, -0.05) is 37.6 Å². The quantitative estimate of drug-likeness (QED) is 0.563. The maximum atomic E-state index is 6.05. The van der Waals surface area contributed by atoms with Crippen LogP contribution in [0.25, 0.3) is 5.65 Å². The number of imidazole rings is 1. The third-order valence-electron chi connectivity index (χ3n) is 5.19. The van der Waals surface area contributed by atoms with E-state index in [1.54, 1.807) is 4.52 Å². The Morgan fingerprint density at radius 2 is 1.90 bits per heavy atom. The summed E-state index contributed by atoms with van der Waals surface area (Å²) in [6.07, 6.45) is 4.54. The number of piperazine rings is 1. The predicted octanol–water partition coefficient (Wildman–Crippen LogP) is 1.88. The van der Waals surface area contributed by atoms with Crippen molar-refractivity contribution in [3.8, 4) is 6.01 Å². The van der Waals surface area contributed by atoms with Crippen molar-refractivity contribution in [3.63, 3.8) is 0 Å². The van der Waals surface area contributed by atoms with Crippen molar-refractivity contribution in [1.82, 2.24) is 29.8 Å². The molecule has 1 saturated heterocycles. The number of ether oxygens (including phenoxy) is 1. The minimum atomic E-state index is 0.300. The summed E-state index contributed by atoms with van der Waals surface area (Å²) >= 11 is 0. The molecule has 1 aromatic carbocycles. The lowest BCUT2D eigenvalue weighted by molar-refractivity contribution is 0.233. The van der Waals surface area contributed by atoms with Gasteiger partial charge in [0.1, 0.15) is 0 Å². The molecule has 2 aromatic heterocycles. The van der Waals surface area contributed by atoms with E-state index in [1.807, 2.05) is 6.20 Å². The zero-order valence-corrected chi connectivity index (χ0v) is 17.0. The predicted molar refractivity (Wildman–Crippen MR) is 113 cm³/mol. The number of hydrogen-bond donors (Lipinski definition) is 2. The summed E-state index contributed by atoms with van der Waals surface area (Å²) < 4.78 is 7.39. The first kappa shape index (κ1) is 19.6. The van der Waals surface area contributed by atoms with Gasteiger partial charge in [-0.3, -0.25) is 4.90 Å². The molecule has 0 radical (unpaired) electrons. The van der Waals surface area contributed by atoms with E-state index in [9.17, 15) is 0 Å². The number of nitrogens with one attached hydrogen (secondary N) is 1. The van der Waals surface area contributed by atoms with Crippen LogP contribution in [0.1, 0.15) is 36.6 Å². The molecule has 0 unspecified atom stereocenters. The number of fused-ring (bicyclic) bond motifs is 1. The van der Waals surface area contributed by atoms with Crippen LogP contribution in [-0.2, 0) is 13.0 Å². The fourth-order valence-corrected chi connectivity index (χ4v) is 3.52. The third kappa shape index (κ3) is 4.83. The smallest absolute Gasteiger partial charge is 0.336 e. The molecule has 3 heterocycles. The van der Waals surface area contributed by atoms with Crippen LogP contribution in [0.3, 0.4) is 0 Å². The van der Waals surface area contributed by atoms with E-state index in [0.29, 0.717) is 24.1 Å². The molecule has 0 atom stereocenters. The Bertz CT molecular complexity index is 932. The van der Waals surface area contributed by atoms with E-state index in [2.05, 4.69) is 56.5 Å². The monoisotopic (exact) mass is 395 g/mol. The second-order valence-corrected chi connectivity index (χ2v) is 7.49. The molecule has 4 rings (SSSR count). The summed E-state index contributed by atoms with van der Waals surface area (Å²) in [7, 11) is 0. The summed E-state index contributed by atoms with van der Waals surface area (Å²) in [5, 5.41) is 7.88. The van der Waals surface area contributed by atoms with Crippen LogP contribution < -0.4 is 15.8 Å². The molecular formula is C21H29N7O. The lowest BCUT2D eigenvalue weighted by Crippen LogP contribution is -2.42. The maximum Gasteiger partial charge on any atom is 0.336 e. The number of nitrogens with two attached hydrogens (primary N) is 1. The van der Waals surface area contributed by atoms with Crippen LogP contribution in [0.2, 0.25) is 0 Å². The Labute approximate surface area is 171 Å². The summed E-state index contributed by atoms with van der Waals surface area (Å²) in [6, 6.07) is 9.08. The number of rotatable bonds is 8. The molecule has 0 bridgehead atoms. The molecule has 0 aliphatic carbocycles. The summed E-state index contributed by atoms with van der Waals surface area (Å²) in [5.41, 5.74) is 10.1. The van der Waals surface area contributed by atoms with Crippen LogP contribution in [0.15, 0.2) is 30.5 Å². The first-order chi connectivity index (χ1) is 14.2. The molecule has 3 aromatic rings. The van der Waals surface area contributed by atoms with Gasteiger partial charge in [-0.25, -0.2) is 9.50 Å². The normalized spacial score (nSPS) is 15.1. The lowest BCUT2D eigenvalue weighted by atomic mass is 10.1. The molecule has 8 heteroatoms. The van der Waals surface area contributed by atoms with Gasteiger partial charge in [-0.05, 0) is 17.5 Å². The van der Waals surface area contributed by atoms with Crippen molar-refractivity contribution in [2.75, 3.05) is 38.5 Å². The molecule has 0 amide bonds. The van der Waals surface area contributed by atoms with E-state index >= 15 is 0 Å². The molecule has 1 aliphatic heterocycles. The third-order valence-corrected chi connectivity index (χ3v) is 5.19. The van der Waals surface area contributed by atoms with Crippen LogP contribution in [-0.4, -0.2) is 57.3 Å². The summed E-state index contributed by atoms with van der Waals surface area (Å²) in [5.74, 6) is 0.337. The van der Waals surface area contributed by atoms with Crippen LogP contribution in [0.4, 0.5) is 5.82 Å².